The standard InChI is InChI=1S/C10H7Br2ClN2S/c11-8-3-6(13)4-14-10(8)15-5-7-1-2-9(12)16-7/h1-4H,5H2,(H,14,15). The lowest BCUT2D eigenvalue weighted by atomic mass is 10.4. The van der Waals surface area contributed by atoms with Gasteiger partial charge in [0.15, 0.2) is 0 Å². The summed E-state index contributed by atoms with van der Waals surface area (Å²) in [6, 6.07) is 5.93. The lowest BCUT2D eigenvalue weighted by Crippen LogP contribution is -2.00. The van der Waals surface area contributed by atoms with E-state index in [0.717, 1.165) is 20.6 Å². The fourth-order valence-corrected chi connectivity index (χ4v) is 3.36. The third-order valence-electron chi connectivity index (χ3n) is 1.87. The molecule has 0 aliphatic carbocycles. The number of halogens is 3. The van der Waals surface area contributed by atoms with Crippen LogP contribution in [0.1, 0.15) is 4.88 Å². The molecular formula is C10H7Br2ClN2S. The number of anilines is 1. The summed E-state index contributed by atoms with van der Waals surface area (Å²) < 4.78 is 2.00. The van der Waals surface area contributed by atoms with Crippen LogP contribution in [0, 0.1) is 0 Å². The van der Waals surface area contributed by atoms with Gasteiger partial charge in [0.2, 0.25) is 0 Å². The van der Waals surface area contributed by atoms with E-state index in [1.54, 1.807) is 17.5 Å². The van der Waals surface area contributed by atoms with Crippen molar-refractivity contribution in [3.05, 3.63) is 42.6 Å². The number of hydrogen-bond acceptors (Lipinski definition) is 3. The fourth-order valence-electron chi connectivity index (χ4n) is 1.16. The molecule has 2 aromatic rings. The summed E-state index contributed by atoms with van der Waals surface area (Å²) in [6.07, 6.45) is 1.62. The molecule has 0 amide bonds. The zero-order valence-corrected chi connectivity index (χ0v) is 12.8. The first-order valence-electron chi connectivity index (χ1n) is 4.44. The number of rotatable bonds is 3. The predicted molar refractivity (Wildman–Crippen MR) is 76.3 cm³/mol. The van der Waals surface area contributed by atoms with Crippen LogP contribution < -0.4 is 5.32 Å². The van der Waals surface area contributed by atoms with Crippen LogP contribution >= 0.6 is 54.8 Å². The molecule has 0 aliphatic heterocycles. The average molecular weight is 383 g/mol. The maximum atomic E-state index is 5.81. The van der Waals surface area contributed by atoms with Crippen molar-refractivity contribution >= 4 is 60.6 Å². The van der Waals surface area contributed by atoms with E-state index in [1.807, 2.05) is 12.1 Å². The highest BCUT2D eigenvalue weighted by Crippen LogP contribution is 2.26. The van der Waals surface area contributed by atoms with E-state index in [4.69, 9.17) is 11.6 Å². The summed E-state index contributed by atoms with van der Waals surface area (Å²) >= 11 is 14.4. The van der Waals surface area contributed by atoms with Crippen molar-refractivity contribution in [2.24, 2.45) is 0 Å². The zero-order valence-electron chi connectivity index (χ0n) is 8.01. The van der Waals surface area contributed by atoms with Gasteiger partial charge in [0, 0.05) is 11.1 Å². The second-order valence-corrected chi connectivity index (χ2v) is 6.88. The second kappa shape index (κ2) is 5.49. The van der Waals surface area contributed by atoms with Gasteiger partial charge in [0.05, 0.1) is 19.8 Å². The topological polar surface area (TPSA) is 24.9 Å². The maximum Gasteiger partial charge on any atom is 0.140 e. The summed E-state index contributed by atoms with van der Waals surface area (Å²) in [5, 5.41) is 3.86. The van der Waals surface area contributed by atoms with Gasteiger partial charge in [-0.15, -0.1) is 11.3 Å². The fraction of sp³-hybridized carbons (Fsp3) is 0.100. The van der Waals surface area contributed by atoms with Gasteiger partial charge in [-0.05, 0) is 50.1 Å². The molecule has 0 spiro atoms. The van der Waals surface area contributed by atoms with E-state index < -0.39 is 0 Å². The van der Waals surface area contributed by atoms with Crippen LogP contribution in [0.25, 0.3) is 0 Å². The van der Waals surface area contributed by atoms with E-state index in [9.17, 15) is 0 Å². The normalized spacial score (nSPS) is 10.4. The molecule has 6 heteroatoms. The number of aromatic nitrogens is 1. The lowest BCUT2D eigenvalue weighted by Gasteiger charge is -2.05. The average Bonchev–Trinajstić information content (AvgIpc) is 2.63. The molecule has 0 aliphatic rings. The van der Waals surface area contributed by atoms with Crippen LogP contribution in [0.2, 0.25) is 5.02 Å². The highest BCUT2D eigenvalue weighted by molar-refractivity contribution is 9.11. The molecule has 0 radical (unpaired) electrons. The van der Waals surface area contributed by atoms with Gasteiger partial charge in [-0.2, -0.15) is 0 Å². The molecule has 0 saturated carbocycles. The molecule has 1 N–H and O–H groups in total. The molecule has 0 saturated heterocycles. The van der Waals surface area contributed by atoms with E-state index in [0.29, 0.717) is 5.02 Å². The van der Waals surface area contributed by atoms with Crippen molar-refractivity contribution in [3.8, 4) is 0 Å². The quantitative estimate of drug-likeness (QED) is 0.814. The molecular weight excluding hydrogens is 375 g/mol. The molecule has 0 aromatic carbocycles. The van der Waals surface area contributed by atoms with E-state index in [2.05, 4.69) is 48.2 Å². The number of pyridine rings is 1. The monoisotopic (exact) mass is 380 g/mol. The second-order valence-electron chi connectivity index (χ2n) is 3.04. The van der Waals surface area contributed by atoms with Gasteiger partial charge in [0.1, 0.15) is 5.82 Å². The molecule has 16 heavy (non-hydrogen) atoms. The molecule has 2 rings (SSSR count). The van der Waals surface area contributed by atoms with Crippen LogP contribution in [0.3, 0.4) is 0 Å². The smallest absolute Gasteiger partial charge is 0.140 e. The predicted octanol–water partition coefficient (Wildman–Crippen LogP) is 4.93. The van der Waals surface area contributed by atoms with Crippen LogP contribution in [-0.2, 0) is 6.54 Å². The summed E-state index contributed by atoms with van der Waals surface area (Å²) in [4.78, 5) is 5.45. The Bertz CT molecular complexity index is 501. The van der Waals surface area contributed by atoms with Gasteiger partial charge in [-0.3, -0.25) is 0 Å². The van der Waals surface area contributed by atoms with Crippen LogP contribution in [0.5, 0.6) is 0 Å². The van der Waals surface area contributed by atoms with Crippen molar-refractivity contribution < 1.29 is 0 Å². The Balaban J connectivity index is 2.04. The highest BCUT2D eigenvalue weighted by atomic mass is 79.9. The maximum absolute atomic E-state index is 5.81. The third kappa shape index (κ3) is 3.20. The van der Waals surface area contributed by atoms with E-state index in [-0.39, 0.29) is 0 Å². The first-order chi connectivity index (χ1) is 7.65. The van der Waals surface area contributed by atoms with Gasteiger partial charge in [0.25, 0.3) is 0 Å². The van der Waals surface area contributed by atoms with Crippen LogP contribution in [0.4, 0.5) is 5.82 Å². The summed E-state index contributed by atoms with van der Waals surface area (Å²) in [5.41, 5.74) is 0. The van der Waals surface area contributed by atoms with E-state index in [1.165, 1.54) is 4.88 Å². The Morgan fingerprint density at radius 3 is 2.81 bits per heavy atom. The minimum Gasteiger partial charge on any atom is -0.364 e. The first-order valence-corrected chi connectivity index (χ1v) is 7.22. The zero-order chi connectivity index (χ0) is 11.5. The molecule has 2 aromatic heterocycles. The molecule has 2 heterocycles. The van der Waals surface area contributed by atoms with Crippen molar-refractivity contribution in [3.63, 3.8) is 0 Å². The number of nitrogens with one attached hydrogen (secondary N) is 1. The summed E-state index contributed by atoms with van der Waals surface area (Å²) in [6.45, 7) is 0.753. The van der Waals surface area contributed by atoms with Gasteiger partial charge >= 0.3 is 0 Å². The minimum absolute atomic E-state index is 0.622. The Hall–Kier alpha value is -0.100. The molecule has 2 nitrogen and oxygen atoms in total. The minimum atomic E-state index is 0.622. The van der Waals surface area contributed by atoms with Gasteiger partial charge < -0.3 is 5.32 Å². The Morgan fingerprint density at radius 2 is 2.19 bits per heavy atom. The molecule has 0 fully saturated rings. The number of nitrogens with zero attached hydrogens (tertiary/aromatic N) is 1. The molecule has 0 bridgehead atoms. The highest BCUT2D eigenvalue weighted by Gasteiger charge is 2.03. The number of thiophene rings is 1. The van der Waals surface area contributed by atoms with Crippen molar-refractivity contribution in [1.82, 2.24) is 4.98 Å². The number of hydrogen-bond donors (Lipinski definition) is 1. The summed E-state index contributed by atoms with van der Waals surface area (Å²) in [5.74, 6) is 0.800. The van der Waals surface area contributed by atoms with Gasteiger partial charge in [-0.1, -0.05) is 11.6 Å². The molecule has 0 unspecified atom stereocenters. The SMILES string of the molecule is Clc1cnc(NCc2ccc(Br)s2)c(Br)c1. The van der Waals surface area contributed by atoms with E-state index >= 15 is 0 Å². The third-order valence-corrected chi connectivity index (χ3v) is 4.30. The van der Waals surface area contributed by atoms with Crippen LogP contribution in [0.15, 0.2) is 32.7 Å². The first kappa shape index (κ1) is 12.4. The van der Waals surface area contributed by atoms with Gasteiger partial charge in [-0.25, -0.2) is 4.98 Å². The van der Waals surface area contributed by atoms with Crippen molar-refractivity contribution in [2.75, 3.05) is 5.32 Å². The largest absolute Gasteiger partial charge is 0.364 e. The summed E-state index contributed by atoms with van der Waals surface area (Å²) in [7, 11) is 0. The van der Waals surface area contributed by atoms with Crippen LogP contribution in [-0.4, -0.2) is 4.98 Å². The lowest BCUT2D eigenvalue weighted by molar-refractivity contribution is 1.13. The Kier molecular flexibility index (Phi) is 4.24. The Morgan fingerprint density at radius 1 is 1.38 bits per heavy atom. The van der Waals surface area contributed by atoms with Crippen molar-refractivity contribution in [2.45, 2.75) is 6.54 Å². The molecule has 84 valence electrons. The van der Waals surface area contributed by atoms with Crippen molar-refractivity contribution in [1.29, 1.82) is 0 Å². The molecule has 0 atom stereocenters. The Labute approximate surface area is 119 Å².